The first-order valence-electron chi connectivity index (χ1n) is 5.45. The number of ether oxygens (including phenoxy) is 1. The minimum absolute atomic E-state index is 0.129. The molecule has 3 N–H and O–H groups in total. The summed E-state index contributed by atoms with van der Waals surface area (Å²) in [5.41, 5.74) is 5.52. The SMILES string of the molecule is COCC(O)CN(C)CCC(C)(C)C(N)=S. The summed E-state index contributed by atoms with van der Waals surface area (Å²) in [6, 6.07) is 0. The van der Waals surface area contributed by atoms with E-state index in [-0.39, 0.29) is 5.41 Å². The smallest absolute Gasteiger partial charge is 0.0899 e. The van der Waals surface area contributed by atoms with Crippen molar-refractivity contribution in [1.29, 1.82) is 0 Å². The third-order valence-corrected chi connectivity index (χ3v) is 3.22. The molecule has 0 saturated carbocycles. The number of hydrogen-bond acceptors (Lipinski definition) is 4. The standard InChI is InChI=1S/C11H24N2O2S/c1-11(2,10(12)16)5-6-13(3)7-9(14)8-15-4/h9,14H,5-8H2,1-4H3,(H2,12,16). The number of aliphatic hydroxyl groups is 1. The zero-order valence-electron chi connectivity index (χ0n) is 10.7. The Kier molecular flexibility index (Phi) is 7.06. The number of nitrogens with two attached hydrogens (primary N) is 1. The van der Waals surface area contributed by atoms with E-state index in [0.717, 1.165) is 13.0 Å². The fraction of sp³-hybridized carbons (Fsp3) is 0.909. The van der Waals surface area contributed by atoms with Crippen LogP contribution in [0.5, 0.6) is 0 Å². The van der Waals surface area contributed by atoms with Crippen LogP contribution in [-0.4, -0.2) is 55.0 Å². The maximum absolute atomic E-state index is 9.54. The van der Waals surface area contributed by atoms with E-state index in [2.05, 4.69) is 4.90 Å². The van der Waals surface area contributed by atoms with Gasteiger partial charge in [0.25, 0.3) is 0 Å². The molecular weight excluding hydrogens is 224 g/mol. The van der Waals surface area contributed by atoms with Crippen molar-refractivity contribution in [2.75, 3.05) is 33.9 Å². The summed E-state index contributed by atoms with van der Waals surface area (Å²) >= 11 is 5.00. The Morgan fingerprint density at radius 3 is 2.56 bits per heavy atom. The van der Waals surface area contributed by atoms with Crippen molar-refractivity contribution >= 4 is 17.2 Å². The highest BCUT2D eigenvalue weighted by atomic mass is 32.1. The second-order valence-electron chi connectivity index (χ2n) is 4.87. The van der Waals surface area contributed by atoms with E-state index in [1.54, 1.807) is 7.11 Å². The van der Waals surface area contributed by atoms with Crippen molar-refractivity contribution < 1.29 is 9.84 Å². The van der Waals surface area contributed by atoms with Crippen molar-refractivity contribution in [1.82, 2.24) is 4.90 Å². The van der Waals surface area contributed by atoms with Crippen LogP contribution in [0, 0.1) is 5.41 Å². The molecule has 0 aliphatic heterocycles. The summed E-state index contributed by atoms with van der Waals surface area (Å²) in [6.07, 6.45) is 0.446. The van der Waals surface area contributed by atoms with Gasteiger partial charge in [-0.3, -0.25) is 0 Å². The van der Waals surface area contributed by atoms with Gasteiger partial charge in [0.15, 0.2) is 0 Å². The number of hydrogen-bond donors (Lipinski definition) is 2. The molecule has 4 nitrogen and oxygen atoms in total. The molecular formula is C11H24N2O2S. The molecule has 0 bridgehead atoms. The number of rotatable bonds is 8. The Morgan fingerprint density at radius 2 is 2.12 bits per heavy atom. The molecule has 1 unspecified atom stereocenters. The lowest BCUT2D eigenvalue weighted by molar-refractivity contribution is 0.0421. The van der Waals surface area contributed by atoms with E-state index in [1.807, 2.05) is 20.9 Å². The van der Waals surface area contributed by atoms with Crippen LogP contribution < -0.4 is 5.73 Å². The predicted molar refractivity (Wildman–Crippen MR) is 70.6 cm³/mol. The normalized spacial score (nSPS) is 14.1. The molecule has 0 amide bonds. The van der Waals surface area contributed by atoms with Gasteiger partial charge in [0, 0.05) is 19.1 Å². The summed E-state index contributed by atoms with van der Waals surface area (Å²) in [7, 11) is 3.55. The fourth-order valence-electron chi connectivity index (χ4n) is 1.29. The molecule has 0 spiro atoms. The molecule has 0 radical (unpaired) electrons. The summed E-state index contributed by atoms with van der Waals surface area (Å²) in [5, 5.41) is 9.54. The van der Waals surface area contributed by atoms with Crippen molar-refractivity contribution in [3.8, 4) is 0 Å². The third kappa shape index (κ3) is 6.37. The molecule has 0 heterocycles. The Labute approximate surface area is 104 Å². The fourth-order valence-corrected chi connectivity index (χ4v) is 1.39. The summed E-state index contributed by atoms with van der Waals surface area (Å²) in [5.74, 6) is 0. The Morgan fingerprint density at radius 1 is 1.56 bits per heavy atom. The highest BCUT2D eigenvalue weighted by Crippen LogP contribution is 2.20. The van der Waals surface area contributed by atoms with Crippen molar-refractivity contribution in [2.24, 2.45) is 11.1 Å². The van der Waals surface area contributed by atoms with Gasteiger partial charge in [-0.05, 0) is 20.0 Å². The van der Waals surface area contributed by atoms with Crippen molar-refractivity contribution in [3.63, 3.8) is 0 Å². The van der Waals surface area contributed by atoms with Crippen LogP contribution in [0.3, 0.4) is 0 Å². The van der Waals surface area contributed by atoms with Gasteiger partial charge in [0.1, 0.15) is 0 Å². The molecule has 0 aliphatic rings. The zero-order chi connectivity index (χ0) is 12.8. The molecule has 0 aromatic carbocycles. The van der Waals surface area contributed by atoms with Gasteiger partial charge in [0.05, 0.1) is 17.7 Å². The Balaban J connectivity index is 3.89. The van der Waals surface area contributed by atoms with Crippen LogP contribution in [0.1, 0.15) is 20.3 Å². The lowest BCUT2D eigenvalue weighted by Crippen LogP contribution is -2.37. The molecule has 16 heavy (non-hydrogen) atoms. The van der Waals surface area contributed by atoms with Gasteiger partial charge in [-0.15, -0.1) is 0 Å². The first-order chi connectivity index (χ1) is 7.29. The van der Waals surface area contributed by atoms with E-state index in [9.17, 15) is 5.11 Å². The van der Waals surface area contributed by atoms with E-state index >= 15 is 0 Å². The van der Waals surface area contributed by atoms with Crippen LogP contribution >= 0.6 is 12.2 Å². The van der Waals surface area contributed by atoms with Gasteiger partial charge >= 0.3 is 0 Å². The van der Waals surface area contributed by atoms with Gasteiger partial charge in [-0.1, -0.05) is 26.1 Å². The van der Waals surface area contributed by atoms with Crippen LogP contribution in [-0.2, 0) is 4.74 Å². The molecule has 0 aromatic heterocycles. The number of methoxy groups -OCH3 is 1. The van der Waals surface area contributed by atoms with Crippen molar-refractivity contribution in [3.05, 3.63) is 0 Å². The molecule has 0 saturated heterocycles. The number of likely N-dealkylation sites (N-methyl/N-ethyl adjacent to an activating group) is 1. The van der Waals surface area contributed by atoms with Gasteiger partial charge in [-0.25, -0.2) is 0 Å². The Hall–Kier alpha value is -0.230. The minimum Gasteiger partial charge on any atom is -0.393 e. The molecule has 0 fully saturated rings. The second kappa shape index (κ2) is 7.17. The zero-order valence-corrected chi connectivity index (χ0v) is 11.5. The molecule has 0 aliphatic carbocycles. The van der Waals surface area contributed by atoms with Gasteiger partial charge in [-0.2, -0.15) is 0 Å². The summed E-state index contributed by atoms with van der Waals surface area (Å²) in [6.45, 7) is 5.89. The van der Waals surface area contributed by atoms with Gasteiger partial charge < -0.3 is 20.5 Å². The number of aliphatic hydroxyl groups excluding tert-OH is 1. The van der Waals surface area contributed by atoms with Crippen molar-refractivity contribution in [2.45, 2.75) is 26.4 Å². The highest BCUT2D eigenvalue weighted by Gasteiger charge is 2.21. The lowest BCUT2D eigenvalue weighted by Gasteiger charge is -2.27. The average molecular weight is 248 g/mol. The van der Waals surface area contributed by atoms with Crippen LogP contribution in [0.25, 0.3) is 0 Å². The molecule has 1 atom stereocenters. The maximum atomic E-state index is 9.54. The molecule has 0 aromatic rings. The maximum Gasteiger partial charge on any atom is 0.0899 e. The third-order valence-electron chi connectivity index (χ3n) is 2.67. The minimum atomic E-state index is -0.442. The summed E-state index contributed by atoms with van der Waals surface area (Å²) < 4.78 is 4.87. The first kappa shape index (κ1) is 15.8. The van der Waals surface area contributed by atoms with E-state index in [4.69, 9.17) is 22.7 Å². The van der Waals surface area contributed by atoms with Crippen LogP contribution in [0.4, 0.5) is 0 Å². The van der Waals surface area contributed by atoms with Gasteiger partial charge in [0.2, 0.25) is 0 Å². The quantitative estimate of drug-likeness (QED) is 0.617. The Bertz CT molecular complexity index is 222. The predicted octanol–water partition coefficient (Wildman–Crippen LogP) is 0.628. The topological polar surface area (TPSA) is 58.7 Å². The summed E-state index contributed by atoms with van der Waals surface area (Å²) in [4.78, 5) is 2.60. The monoisotopic (exact) mass is 248 g/mol. The molecule has 0 rings (SSSR count). The second-order valence-corrected chi connectivity index (χ2v) is 5.31. The first-order valence-corrected chi connectivity index (χ1v) is 5.86. The van der Waals surface area contributed by atoms with Crippen LogP contribution in [0.15, 0.2) is 0 Å². The average Bonchev–Trinajstić information content (AvgIpc) is 2.15. The number of nitrogens with zero attached hydrogens (tertiary/aromatic N) is 1. The van der Waals surface area contributed by atoms with Crippen LogP contribution in [0.2, 0.25) is 0 Å². The molecule has 5 heteroatoms. The van der Waals surface area contributed by atoms with E-state index in [0.29, 0.717) is 18.1 Å². The highest BCUT2D eigenvalue weighted by molar-refractivity contribution is 7.80. The van der Waals surface area contributed by atoms with E-state index in [1.165, 1.54) is 0 Å². The molecule has 96 valence electrons. The number of thiocarbonyl (C=S) groups is 1. The van der Waals surface area contributed by atoms with E-state index < -0.39 is 6.10 Å². The lowest BCUT2D eigenvalue weighted by atomic mass is 9.89. The largest absolute Gasteiger partial charge is 0.393 e.